The highest BCUT2D eigenvalue weighted by molar-refractivity contribution is 5.74. The average molecular weight is 302 g/mol. The molecule has 6 heteroatoms. The molecule has 0 spiro atoms. The number of imidazole rings is 1. The molecule has 0 bridgehead atoms. The first-order chi connectivity index (χ1) is 10.8. The molecular formula is C16H22N4O2. The second kappa shape index (κ2) is 8.84. The number of aromatic nitrogens is 2. The molecule has 2 amide bonds. The molecule has 1 aromatic heterocycles. The van der Waals surface area contributed by atoms with Crippen LogP contribution in [0.5, 0.6) is 0 Å². The van der Waals surface area contributed by atoms with E-state index in [2.05, 4.69) is 15.6 Å². The van der Waals surface area contributed by atoms with Crippen LogP contribution in [-0.4, -0.2) is 33.8 Å². The second-order valence-electron chi connectivity index (χ2n) is 5.03. The number of rotatable bonds is 8. The van der Waals surface area contributed by atoms with Crippen LogP contribution in [0.1, 0.15) is 24.4 Å². The molecule has 1 heterocycles. The van der Waals surface area contributed by atoms with Gasteiger partial charge in [-0.3, -0.25) is 0 Å². The van der Waals surface area contributed by atoms with Crippen molar-refractivity contribution in [1.82, 2.24) is 20.2 Å². The van der Waals surface area contributed by atoms with E-state index in [1.807, 2.05) is 41.1 Å². The largest absolute Gasteiger partial charge is 0.396 e. The monoisotopic (exact) mass is 302 g/mol. The number of carbonyl (C=O) groups is 1. The molecule has 2 rings (SSSR count). The van der Waals surface area contributed by atoms with Gasteiger partial charge in [0.05, 0.1) is 12.4 Å². The molecule has 1 atom stereocenters. The Morgan fingerprint density at radius 3 is 2.82 bits per heavy atom. The number of urea groups is 1. The lowest BCUT2D eigenvalue weighted by molar-refractivity contribution is 0.232. The van der Waals surface area contributed by atoms with Crippen molar-refractivity contribution in [3.63, 3.8) is 0 Å². The van der Waals surface area contributed by atoms with Crippen molar-refractivity contribution in [2.75, 3.05) is 13.2 Å². The fourth-order valence-corrected chi connectivity index (χ4v) is 2.23. The summed E-state index contributed by atoms with van der Waals surface area (Å²) >= 11 is 0. The maximum Gasteiger partial charge on any atom is 0.315 e. The van der Waals surface area contributed by atoms with E-state index < -0.39 is 0 Å². The third kappa shape index (κ3) is 5.21. The summed E-state index contributed by atoms with van der Waals surface area (Å²) in [5, 5.41) is 14.8. The number of carbonyl (C=O) groups excluding carboxylic acids is 1. The smallest absolute Gasteiger partial charge is 0.315 e. The minimum Gasteiger partial charge on any atom is -0.396 e. The first-order valence-corrected chi connectivity index (χ1v) is 7.45. The van der Waals surface area contributed by atoms with Gasteiger partial charge in [-0.15, -0.1) is 0 Å². The van der Waals surface area contributed by atoms with Crippen LogP contribution in [0.3, 0.4) is 0 Å². The van der Waals surface area contributed by atoms with E-state index >= 15 is 0 Å². The second-order valence-corrected chi connectivity index (χ2v) is 5.03. The van der Waals surface area contributed by atoms with Gasteiger partial charge in [-0.25, -0.2) is 9.78 Å². The van der Waals surface area contributed by atoms with Crippen molar-refractivity contribution in [1.29, 1.82) is 0 Å². The number of benzene rings is 1. The van der Waals surface area contributed by atoms with Crippen molar-refractivity contribution < 1.29 is 9.90 Å². The lowest BCUT2D eigenvalue weighted by atomic mass is 10.0. The zero-order valence-electron chi connectivity index (χ0n) is 12.5. The van der Waals surface area contributed by atoms with Crippen molar-refractivity contribution in [2.24, 2.45) is 0 Å². The van der Waals surface area contributed by atoms with Gasteiger partial charge >= 0.3 is 6.03 Å². The Bertz CT molecular complexity index is 543. The maximum absolute atomic E-state index is 12.0. The van der Waals surface area contributed by atoms with E-state index in [1.165, 1.54) is 0 Å². The summed E-state index contributed by atoms with van der Waals surface area (Å²) in [6.45, 7) is 1.33. The number of nitrogens with zero attached hydrogens (tertiary/aromatic N) is 2. The SMILES string of the molecule is O=C(NCCn1ccnc1)NC(CCCO)c1ccccc1. The van der Waals surface area contributed by atoms with Gasteiger partial charge in [0.1, 0.15) is 0 Å². The van der Waals surface area contributed by atoms with Gasteiger partial charge in [0.2, 0.25) is 0 Å². The normalized spacial score (nSPS) is 11.9. The third-order valence-electron chi connectivity index (χ3n) is 3.37. The van der Waals surface area contributed by atoms with Crippen molar-refractivity contribution in [3.05, 3.63) is 54.6 Å². The summed E-state index contributed by atoms with van der Waals surface area (Å²) in [5.41, 5.74) is 1.04. The highest BCUT2D eigenvalue weighted by atomic mass is 16.3. The van der Waals surface area contributed by atoms with Gasteiger partial charge in [-0.1, -0.05) is 30.3 Å². The molecule has 2 aromatic rings. The fraction of sp³-hybridized carbons (Fsp3) is 0.375. The molecule has 0 aliphatic carbocycles. The molecule has 0 fully saturated rings. The molecule has 0 radical (unpaired) electrons. The van der Waals surface area contributed by atoms with Crippen LogP contribution in [0.25, 0.3) is 0 Å². The number of aliphatic hydroxyl groups is 1. The molecule has 3 N–H and O–H groups in total. The Balaban J connectivity index is 1.82. The summed E-state index contributed by atoms with van der Waals surface area (Å²) in [6, 6.07) is 9.49. The average Bonchev–Trinajstić information content (AvgIpc) is 3.05. The summed E-state index contributed by atoms with van der Waals surface area (Å²) in [5.74, 6) is 0. The van der Waals surface area contributed by atoms with Gasteiger partial charge in [0.25, 0.3) is 0 Å². The van der Waals surface area contributed by atoms with Gasteiger partial charge in [0.15, 0.2) is 0 Å². The highest BCUT2D eigenvalue weighted by Gasteiger charge is 2.13. The molecule has 0 saturated heterocycles. The van der Waals surface area contributed by atoms with Crippen molar-refractivity contribution in [3.8, 4) is 0 Å². The van der Waals surface area contributed by atoms with E-state index in [-0.39, 0.29) is 18.7 Å². The number of hydrogen-bond donors (Lipinski definition) is 3. The van der Waals surface area contributed by atoms with Gasteiger partial charge < -0.3 is 20.3 Å². The molecule has 118 valence electrons. The van der Waals surface area contributed by atoms with E-state index in [9.17, 15) is 4.79 Å². The van der Waals surface area contributed by atoms with Crippen LogP contribution >= 0.6 is 0 Å². The van der Waals surface area contributed by atoms with Crippen LogP contribution in [0, 0.1) is 0 Å². The van der Waals surface area contributed by atoms with E-state index in [1.54, 1.807) is 12.5 Å². The Morgan fingerprint density at radius 1 is 1.32 bits per heavy atom. The van der Waals surface area contributed by atoms with Crippen molar-refractivity contribution in [2.45, 2.75) is 25.4 Å². The Hall–Kier alpha value is -2.34. The van der Waals surface area contributed by atoms with Gasteiger partial charge in [-0.05, 0) is 18.4 Å². The van der Waals surface area contributed by atoms with Crippen molar-refractivity contribution >= 4 is 6.03 Å². The summed E-state index contributed by atoms with van der Waals surface area (Å²) in [7, 11) is 0. The minimum absolute atomic E-state index is 0.0957. The van der Waals surface area contributed by atoms with Gasteiger partial charge in [0, 0.05) is 32.1 Å². The van der Waals surface area contributed by atoms with Crippen LogP contribution in [0.2, 0.25) is 0 Å². The first-order valence-electron chi connectivity index (χ1n) is 7.45. The van der Waals surface area contributed by atoms with Crippen LogP contribution in [0.15, 0.2) is 49.1 Å². The molecule has 0 aliphatic rings. The zero-order chi connectivity index (χ0) is 15.6. The molecule has 0 aliphatic heterocycles. The molecule has 0 saturated carbocycles. The molecular weight excluding hydrogens is 280 g/mol. The fourth-order valence-electron chi connectivity index (χ4n) is 2.23. The predicted molar refractivity (Wildman–Crippen MR) is 84.3 cm³/mol. The molecule has 1 aromatic carbocycles. The lowest BCUT2D eigenvalue weighted by Crippen LogP contribution is -2.39. The summed E-state index contributed by atoms with van der Waals surface area (Å²) in [6.07, 6.45) is 6.63. The molecule has 1 unspecified atom stereocenters. The van der Waals surface area contributed by atoms with E-state index in [4.69, 9.17) is 5.11 Å². The van der Waals surface area contributed by atoms with E-state index in [0.717, 1.165) is 5.56 Å². The Kier molecular flexibility index (Phi) is 6.44. The van der Waals surface area contributed by atoms with Crippen LogP contribution in [-0.2, 0) is 6.54 Å². The third-order valence-corrected chi connectivity index (χ3v) is 3.37. The minimum atomic E-state index is -0.202. The standard InChI is InChI=1S/C16H22N4O2/c21-12-4-7-15(14-5-2-1-3-6-14)19-16(22)18-9-11-20-10-8-17-13-20/h1-3,5-6,8,10,13,15,21H,4,7,9,11-12H2,(H2,18,19,22). The van der Waals surface area contributed by atoms with Gasteiger partial charge in [-0.2, -0.15) is 0 Å². The molecule has 6 nitrogen and oxygen atoms in total. The van der Waals surface area contributed by atoms with Crippen LogP contribution in [0.4, 0.5) is 4.79 Å². The van der Waals surface area contributed by atoms with E-state index in [0.29, 0.717) is 25.9 Å². The molecule has 22 heavy (non-hydrogen) atoms. The number of nitrogens with one attached hydrogen (secondary N) is 2. The Labute approximate surface area is 130 Å². The quantitative estimate of drug-likeness (QED) is 0.694. The Morgan fingerprint density at radius 2 is 2.14 bits per heavy atom. The number of hydrogen-bond acceptors (Lipinski definition) is 3. The summed E-state index contributed by atoms with van der Waals surface area (Å²) < 4.78 is 1.90. The van der Waals surface area contributed by atoms with Crippen LogP contribution < -0.4 is 10.6 Å². The lowest BCUT2D eigenvalue weighted by Gasteiger charge is -2.19. The highest BCUT2D eigenvalue weighted by Crippen LogP contribution is 2.17. The topological polar surface area (TPSA) is 79.2 Å². The zero-order valence-corrected chi connectivity index (χ0v) is 12.5. The maximum atomic E-state index is 12.0. The predicted octanol–water partition coefficient (Wildman–Crippen LogP) is 1.70. The number of amides is 2. The number of aliphatic hydroxyl groups excluding tert-OH is 1. The summed E-state index contributed by atoms with van der Waals surface area (Å²) in [4.78, 5) is 16.0. The first kappa shape index (κ1) is 16.0.